The van der Waals surface area contributed by atoms with Crippen LogP contribution in [0.3, 0.4) is 0 Å². The van der Waals surface area contributed by atoms with Gasteiger partial charge in [-0.2, -0.15) is 29.9 Å². The molecule has 0 aliphatic heterocycles. The summed E-state index contributed by atoms with van der Waals surface area (Å²) in [4.78, 5) is 46.2. The molecule has 0 fully saturated rings. The van der Waals surface area contributed by atoms with Crippen molar-refractivity contribution in [1.29, 1.82) is 0 Å². The normalized spacial score (nSPS) is 11.9. The Labute approximate surface area is 820 Å². The van der Waals surface area contributed by atoms with E-state index < -0.39 is 0 Å². The van der Waals surface area contributed by atoms with Crippen LogP contribution in [-0.2, 0) is 10.8 Å². The predicted molar refractivity (Wildman–Crippen MR) is 585 cm³/mol. The van der Waals surface area contributed by atoms with Crippen molar-refractivity contribution in [2.24, 2.45) is 0 Å². The van der Waals surface area contributed by atoms with Crippen molar-refractivity contribution in [2.45, 2.75) is 66.2 Å². The van der Waals surface area contributed by atoms with E-state index in [1.165, 1.54) is 87.4 Å². The lowest BCUT2D eigenvalue weighted by Crippen LogP contribution is -2.11. The van der Waals surface area contributed by atoms with Crippen LogP contribution in [0.5, 0.6) is 0 Å². The lowest BCUT2D eigenvalue weighted by molar-refractivity contribution is 0.590. The summed E-state index contributed by atoms with van der Waals surface area (Å²) >= 11 is 0. The smallest absolute Gasteiger partial charge is 0.238 e. The van der Waals surface area contributed by atoms with Gasteiger partial charge in [0.2, 0.25) is 17.8 Å². The average Bonchev–Trinajstić information content (AvgIpc) is 1.55. The van der Waals surface area contributed by atoms with Crippen molar-refractivity contribution in [3.8, 4) is 103 Å². The first kappa shape index (κ1) is 85.5. The van der Waals surface area contributed by atoms with Gasteiger partial charge in [-0.3, -0.25) is 13.7 Å². The highest BCUT2D eigenvalue weighted by atomic mass is 15.2. The molecule has 0 radical (unpaired) electrons. The summed E-state index contributed by atoms with van der Waals surface area (Å²) in [6.07, 6.45) is 0. The molecule has 18 aromatic carbocycles. The molecule has 0 bridgehead atoms. The molecule has 9 heterocycles. The highest BCUT2D eigenvalue weighted by molar-refractivity contribution is 6.29. The summed E-state index contributed by atoms with van der Waals surface area (Å²) in [5.41, 5.74) is 27.4. The SMILES string of the molecule is CC(C)(C)c1ccc(-c2nc(-c3ccc(C(C)(C)C)cc3)nc(-n3c4ccccc4c4c3ccc3c5ccccc5n(-c5ccccc5)c34)n2)cc1.Cc1ccc(-c2nc(-c3ccc(C)cc3)nc(-n3c4ccccc4c4c3ccc3c5ccccc5n(-c5ccccc5)c34)n2)cc1.c1ccc(-c2nc(-c3ccccc3)nc(-n3c4ccccc4c4ccc5c(c6ccccc6n5-c5ccccc5)c43)n2)cc1. The largest absolute Gasteiger partial charge is 0.309 e. The fourth-order valence-electron chi connectivity index (χ4n) is 20.7. The van der Waals surface area contributed by atoms with Crippen molar-refractivity contribution in [2.75, 3.05) is 0 Å². The molecular formula is C127H95N15. The van der Waals surface area contributed by atoms with E-state index in [-0.39, 0.29) is 10.8 Å². The Morgan fingerprint density at radius 2 is 0.380 bits per heavy atom. The maximum absolute atomic E-state index is 5.26. The second-order valence-electron chi connectivity index (χ2n) is 38.7. The van der Waals surface area contributed by atoms with Crippen LogP contribution in [-0.4, -0.2) is 72.3 Å². The Morgan fingerprint density at radius 1 is 0.162 bits per heavy atom. The summed E-state index contributed by atoms with van der Waals surface area (Å²) in [7, 11) is 0. The minimum atomic E-state index is 0.0409. The molecule has 15 nitrogen and oxygen atoms in total. The third-order valence-corrected chi connectivity index (χ3v) is 27.6. The molecule has 678 valence electrons. The molecular weight excluding hydrogens is 1740 g/mol. The maximum Gasteiger partial charge on any atom is 0.238 e. The molecule has 0 saturated carbocycles. The first-order valence-electron chi connectivity index (χ1n) is 48.3. The van der Waals surface area contributed by atoms with Gasteiger partial charge in [0, 0.05) is 115 Å². The number of aromatic nitrogens is 15. The topological polar surface area (TPSA) is 146 Å². The quantitative estimate of drug-likeness (QED) is 0.117. The van der Waals surface area contributed by atoms with Gasteiger partial charge in [0.25, 0.3) is 0 Å². The van der Waals surface area contributed by atoms with Crippen molar-refractivity contribution in [3.63, 3.8) is 0 Å². The molecule has 0 atom stereocenters. The number of aryl methyl sites for hydroxylation is 2. The van der Waals surface area contributed by atoms with Crippen LogP contribution in [0.1, 0.15) is 63.8 Å². The lowest BCUT2D eigenvalue weighted by atomic mass is 9.86. The molecule has 27 aromatic rings. The molecule has 0 saturated heterocycles. The fourth-order valence-corrected chi connectivity index (χ4v) is 20.7. The van der Waals surface area contributed by atoms with E-state index in [0.29, 0.717) is 52.8 Å². The molecule has 27 rings (SSSR count). The Balaban J connectivity index is 0.000000112. The summed E-state index contributed by atoms with van der Waals surface area (Å²) in [6, 6.07) is 151. The van der Waals surface area contributed by atoms with Gasteiger partial charge in [-0.15, -0.1) is 0 Å². The fraction of sp³-hybridized carbons (Fsp3) is 0.0787. The van der Waals surface area contributed by atoms with E-state index in [2.05, 4.69) is 453 Å². The van der Waals surface area contributed by atoms with E-state index >= 15 is 0 Å². The van der Waals surface area contributed by atoms with Gasteiger partial charge in [-0.05, 0) is 127 Å². The number of rotatable bonds is 12. The van der Waals surface area contributed by atoms with Crippen LogP contribution in [0, 0.1) is 13.8 Å². The highest BCUT2D eigenvalue weighted by Crippen LogP contribution is 2.48. The molecule has 15 heteroatoms. The van der Waals surface area contributed by atoms with Gasteiger partial charge in [0.1, 0.15) is 0 Å². The molecule has 0 unspecified atom stereocenters. The third-order valence-electron chi connectivity index (χ3n) is 27.6. The van der Waals surface area contributed by atoms with E-state index in [1.807, 2.05) is 60.7 Å². The monoisotopic (exact) mass is 1830 g/mol. The second kappa shape index (κ2) is 34.5. The lowest BCUT2D eigenvalue weighted by Gasteiger charge is -2.19. The van der Waals surface area contributed by atoms with Crippen molar-refractivity contribution < 1.29 is 0 Å². The molecule has 0 amide bonds. The van der Waals surface area contributed by atoms with Crippen LogP contribution in [0.4, 0.5) is 0 Å². The Bertz CT molecular complexity index is 9390. The Hall–Kier alpha value is -18.2. The zero-order chi connectivity index (χ0) is 95.6. The summed E-state index contributed by atoms with van der Waals surface area (Å²) < 4.78 is 13.8. The molecule has 142 heavy (non-hydrogen) atoms. The van der Waals surface area contributed by atoms with Gasteiger partial charge in [-0.1, -0.05) is 392 Å². The standard InChI is InChI=1S/C47H41N5.C41H29N5.C39H25N5/c1-46(2,3)32-24-20-30(21-25-32)43-48-44(31-22-26-33(27-23-31)47(4,5)6)50-45(49-43)52-39-19-13-11-17-37(39)41-40(52)29-28-36-35-16-10-12-18-38(35)51(42(36)41)34-14-8-7-9-15-34;1-26-16-20-28(21-17-26)39-42-40(29-22-18-27(2)19-23-29)44-41(43-39)46-35-15-9-7-13-33(35)37-36(46)25-24-32-31-12-6-8-14-34(31)45(38(32)37)30-10-4-3-5-11-30;1-4-14-26(15-5-1)37-40-38(27-16-6-2-7-17-27)42-39(41-37)44-32-22-12-10-20-29(32)30-24-25-34-35(36(30)44)31-21-11-13-23-33(31)43(34)28-18-8-3-9-19-28/h7-29H,1-6H3;3-25H,1-2H3;1-25H. The zero-order valence-electron chi connectivity index (χ0n) is 79.7. The molecule has 0 spiro atoms. The number of para-hydroxylation sites is 9. The predicted octanol–water partition coefficient (Wildman–Crippen LogP) is 31.4. The molecule has 0 aliphatic rings. The second-order valence-corrected chi connectivity index (χ2v) is 38.7. The van der Waals surface area contributed by atoms with Crippen LogP contribution >= 0.6 is 0 Å². The number of fused-ring (bicyclic) bond motifs is 21. The minimum absolute atomic E-state index is 0.0409. The van der Waals surface area contributed by atoms with Crippen LogP contribution in [0.2, 0.25) is 0 Å². The minimum Gasteiger partial charge on any atom is -0.309 e. The van der Waals surface area contributed by atoms with Gasteiger partial charge in [0.05, 0.1) is 66.2 Å². The molecule has 9 aromatic heterocycles. The van der Waals surface area contributed by atoms with Gasteiger partial charge >= 0.3 is 0 Å². The summed E-state index contributed by atoms with van der Waals surface area (Å²) in [5.74, 6) is 5.63. The van der Waals surface area contributed by atoms with E-state index in [4.69, 9.17) is 44.9 Å². The number of hydrogen-bond acceptors (Lipinski definition) is 9. The first-order chi connectivity index (χ1) is 69.5. The van der Waals surface area contributed by atoms with Crippen molar-refractivity contribution in [3.05, 3.63) is 453 Å². The highest BCUT2D eigenvalue weighted by Gasteiger charge is 2.30. The van der Waals surface area contributed by atoms with Crippen molar-refractivity contribution >= 4 is 131 Å². The Morgan fingerprint density at radius 3 is 0.683 bits per heavy atom. The van der Waals surface area contributed by atoms with Crippen LogP contribution in [0.25, 0.3) is 234 Å². The summed E-state index contributed by atoms with van der Waals surface area (Å²) in [6.45, 7) is 17.6. The Kier molecular flexibility index (Phi) is 20.8. The number of nitrogens with zero attached hydrogens (tertiary/aromatic N) is 15. The van der Waals surface area contributed by atoms with E-state index in [0.717, 1.165) is 116 Å². The molecule has 0 aliphatic carbocycles. The summed E-state index contributed by atoms with van der Waals surface area (Å²) in [5, 5.41) is 14.2. The van der Waals surface area contributed by atoms with Crippen molar-refractivity contribution in [1.82, 2.24) is 72.3 Å². The number of benzene rings is 18. The molecule has 0 N–H and O–H groups in total. The van der Waals surface area contributed by atoms with Crippen LogP contribution < -0.4 is 0 Å². The first-order valence-corrected chi connectivity index (χ1v) is 48.3. The van der Waals surface area contributed by atoms with Gasteiger partial charge in [0.15, 0.2) is 34.9 Å². The van der Waals surface area contributed by atoms with E-state index in [1.54, 1.807) is 0 Å². The van der Waals surface area contributed by atoms with Crippen LogP contribution in [0.15, 0.2) is 431 Å². The van der Waals surface area contributed by atoms with Gasteiger partial charge in [-0.25, -0.2) is 15.0 Å². The maximum atomic E-state index is 5.26. The number of hydrogen-bond donors (Lipinski definition) is 0. The van der Waals surface area contributed by atoms with Gasteiger partial charge < -0.3 is 13.7 Å². The van der Waals surface area contributed by atoms with E-state index in [9.17, 15) is 0 Å². The zero-order valence-corrected chi connectivity index (χ0v) is 79.7. The average molecular weight is 1830 g/mol. The third kappa shape index (κ3) is 14.8.